The highest BCUT2D eigenvalue weighted by atomic mass is 16.5. The number of aliphatic hydroxyl groups excluding tert-OH is 1. The lowest BCUT2D eigenvalue weighted by Gasteiger charge is -2.04. The molecule has 0 radical (unpaired) electrons. The van der Waals surface area contributed by atoms with E-state index in [-0.39, 0.29) is 12.5 Å². The van der Waals surface area contributed by atoms with Crippen LogP contribution in [-0.2, 0) is 9.53 Å². The number of rotatable bonds is 9. The highest BCUT2D eigenvalue weighted by Crippen LogP contribution is 1.97. The Morgan fingerprint density at radius 1 is 1.29 bits per heavy atom. The molecule has 0 fully saturated rings. The number of methoxy groups -OCH3 is 1. The lowest BCUT2D eigenvalue weighted by molar-refractivity contribution is -0.121. The normalized spacial score (nSPS) is 10.1. The van der Waals surface area contributed by atoms with Crippen LogP contribution in [0.15, 0.2) is 0 Å². The van der Waals surface area contributed by atoms with Crippen molar-refractivity contribution in [3.8, 4) is 0 Å². The SMILES string of the molecule is COCCC(=O)NCCCCCCO. The first kappa shape index (κ1) is 13.4. The molecule has 0 bridgehead atoms. The summed E-state index contributed by atoms with van der Waals surface area (Å²) in [5.41, 5.74) is 0. The minimum absolute atomic E-state index is 0.0500. The van der Waals surface area contributed by atoms with E-state index in [0.29, 0.717) is 13.0 Å². The Hall–Kier alpha value is -0.610. The van der Waals surface area contributed by atoms with Crippen LogP contribution in [0.1, 0.15) is 32.1 Å². The maximum atomic E-state index is 11.1. The fourth-order valence-electron chi connectivity index (χ4n) is 1.10. The quantitative estimate of drug-likeness (QED) is 0.542. The first-order valence-electron chi connectivity index (χ1n) is 5.17. The lowest BCUT2D eigenvalue weighted by Crippen LogP contribution is -2.25. The summed E-state index contributed by atoms with van der Waals surface area (Å²) in [7, 11) is 1.59. The van der Waals surface area contributed by atoms with Gasteiger partial charge >= 0.3 is 0 Å². The van der Waals surface area contributed by atoms with E-state index in [1.54, 1.807) is 7.11 Å². The largest absolute Gasteiger partial charge is 0.396 e. The summed E-state index contributed by atoms with van der Waals surface area (Å²) < 4.78 is 4.78. The predicted octanol–water partition coefficient (Wildman–Crippen LogP) is 0.692. The third-order valence-corrected chi connectivity index (χ3v) is 1.94. The lowest BCUT2D eigenvalue weighted by atomic mass is 10.2. The molecule has 0 atom stereocenters. The van der Waals surface area contributed by atoms with E-state index in [4.69, 9.17) is 9.84 Å². The van der Waals surface area contributed by atoms with E-state index in [9.17, 15) is 4.79 Å². The highest BCUT2D eigenvalue weighted by molar-refractivity contribution is 5.75. The topological polar surface area (TPSA) is 58.6 Å². The molecule has 0 aromatic carbocycles. The van der Waals surface area contributed by atoms with Crippen LogP contribution in [0, 0.1) is 0 Å². The van der Waals surface area contributed by atoms with Crippen LogP contribution in [-0.4, -0.2) is 37.9 Å². The van der Waals surface area contributed by atoms with Crippen molar-refractivity contribution < 1.29 is 14.6 Å². The van der Waals surface area contributed by atoms with E-state index in [1.807, 2.05) is 0 Å². The molecule has 0 heterocycles. The molecule has 1 amide bonds. The average molecular weight is 203 g/mol. The van der Waals surface area contributed by atoms with E-state index in [1.165, 1.54) is 0 Å². The molecule has 0 aliphatic rings. The van der Waals surface area contributed by atoms with Crippen molar-refractivity contribution in [3.63, 3.8) is 0 Å². The minimum Gasteiger partial charge on any atom is -0.396 e. The number of hydrogen-bond donors (Lipinski definition) is 2. The molecule has 4 nitrogen and oxygen atoms in total. The number of carbonyl (C=O) groups excluding carboxylic acids is 1. The molecule has 0 saturated carbocycles. The number of hydrogen-bond acceptors (Lipinski definition) is 3. The molecule has 0 unspecified atom stereocenters. The molecular formula is C10H21NO3. The van der Waals surface area contributed by atoms with E-state index < -0.39 is 0 Å². The Labute approximate surface area is 85.6 Å². The van der Waals surface area contributed by atoms with Gasteiger partial charge in [0, 0.05) is 26.7 Å². The summed E-state index contributed by atoms with van der Waals surface area (Å²) >= 11 is 0. The van der Waals surface area contributed by atoms with Gasteiger partial charge in [-0.2, -0.15) is 0 Å². The molecule has 0 spiro atoms. The van der Waals surface area contributed by atoms with Crippen LogP contribution in [0.2, 0.25) is 0 Å². The van der Waals surface area contributed by atoms with Crippen LogP contribution in [0.25, 0.3) is 0 Å². The maximum absolute atomic E-state index is 11.1. The fraction of sp³-hybridized carbons (Fsp3) is 0.900. The molecule has 0 aliphatic heterocycles. The van der Waals surface area contributed by atoms with Crippen LogP contribution >= 0.6 is 0 Å². The molecule has 0 saturated heterocycles. The molecule has 14 heavy (non-hydrogen) atoms. The van der Waals surface area contributed by atoms with Crippen LogP contribution in [0.3, 0.4) is 0 Å². The highest BCUT2D eigenvalue weighted by Gasteiger charge is 1.98. The molecule has 0 aromatic rings. The second kappa shape index (κ2) is 10.5. The summed E-state index contributed by atoms with van der Waals surface area (Å²) in [6.45, 7) is 1.48. The van der Waals surface area contributed by atoms with Crippen molar-refractivity contribution in [1.29, 1.82) is 0 Å². The van der Waals surface area contributed by atoms with Crippen LogP contribution < -0.4 is 5.32 Å². The second-order valence-electron chi connectivity index (χ2n) is 3.23. The van der Waals surface area contributed by atoms with Crippen LogP contribution in [0.4, 0.5) is 0 Å². The van der Waals surface area contributed by atoms with Gasteiger partial charge in [-0.25, -0.2) is 0 Å². The Balaban J connectivity index is 3.07. The third-order valence-electron chi connectivity index (χ3n) is 1.94. The number of unbranched alkanes of at least 4 members (excludes halogenated alkanes) is 3. The number of amides is 1. The van der Waals surface area contributed by atoms with Gasteiger partial charge in [-0.05, 0) is 12.8 Å². The maximum Gasteiger partial charge on any atom is 0.222 e. The van der Waals surface area contributed by atoms with E-state index in [0.717, 1.165) is 32.2 Å². The van der Waals surface area contributed by atoms with Gasteiger partial charge in [0.2, 0.25) is 5.91 Å². The van der Waals surface area contributed by atoms with Gasteiger partial charge < -0.3 is 15.2 Å². The van der Waals surface area contributed by atoms with Crippen molar-refractivity contribution in [2.75, 3.05) is 26.9 Å². The molecule has 4 heteroatoms. The molecule has 84 valence electrons. The van der Waals surface area contributed by atoms with E-state index in [2.05, 4.69) is 5.32 Å². The first-order chi connectivity index (χ1) is 6.81. The first-order valence-corrected chi connectivity index (χ1v) is 5.17. The summed E-state index contributed by atoms with van der Waals surface area (Å²) in [6.07, 6.45) is 4.37. The predicted molar refractivity (Wildman–Crippen MR) is 55.1 cm³/mol. The van der Waals surface area contributed by atoms with Gasteiger partial charge in [0.15, 0.2) is 0 Å². The molecule has 0 aromatic heterocycles. The fourth-order valence-corrected chi connectivity index (χ4v) is 1.10. The Morgan fingerprint density at radius 2 is 2.00 bits per heavy atom. The zero-order chi connectivity index (χ0) is 10.6. The molecule has 0 aliphatic carbocycles. The summed E-state index contributed by atoms with van der Waals surface area (Å²) in [5.74, 6) is 0.0500. The number of nitrogens with one attached hydrogen (secondary N) is 1. The van der Waals surface area contributed by atoms with Gasteiger partial charge in [0.05, 0.1) is 6.61 Å². The van der Waals surface area contributed by atoms with E-state index >= 15 is 0 Å². The van der Waals surface area contributed by atoms with Crippen molar-refractivity contribution in [3.05, 3.63) is 0 Å². The van der Waals surface area contributed by atoms with Gasteiger partial charge in [0.1, 0.15) is 0 Å². The number of ether oxygens (including phenoxy) is 1. The summed E-state index contributed by atoms with van der Waals surface area (Å²) in [5, 5.41) is 11.3. The van der Waals surface area contributed by atoms with Gasteiger partial charge in [-0.1, -0.05) is 12.8 Å². The average Bonchev–Trinajstić information content (AvgIpc) is 2.20. The van der Waals surface area contributed by atoms with Crippen molar-refractivity contribution in [1.82, 2.24) is 5.32 Å². The molecule has 2 N–H and O–H groups in total. The molecular weight excluding hydrogens is 182 g/mol. The smallest absolute Gasteiger partial charge is 0.222 e. The number of aliphatic hydroxyl groups is 1. The second-order valence-corrected chi connectivity index (χ2v) is 3.23. The molecule has 0 rings (SSSR count). The van der Waals surface area contributed by atoms with Crippen molar-refractivity contribution in [2.24, 2.45) is 0 Å². The zero-order valence-corrected chi connectivity index (χ0v) is 8.92. The van der Waals surface area contributed by atoms with Gasteiger partial charge in [0.25, 0.3) is 0 Å². The number of carbonyl (C=O) groups is 1. The van der Waals surface area contributed by atoms with Gasteiger partial charge in [-0.15, -0.1) is 0 Å². The van der Waals surface area contributed by atoms with Gasteiger partial charge in [-0.3, -0.25) is 4.79 Å². The van der Waals surface area contributed by atoms with Crippen molar-refractivity contribution in [2.45, 2.75) is 32.1 Å². The Kier molecular flexibility index (Phi) is 10.0. The zero-order valence-electron chi connectivity index (χ0n) is 8.92. The Bertz CT molecular complexity index is 139. The minimum atomic E-state index is 0.0500. The van der Waals surface area contributed by atoms with Crippen molar-refractivity contribution >= 4 is 5.91 Å². The van der Waals surface area contributed by atoms with Crippen LogP contribution in [0.5, 0.6) is 0 Å². The Morgan fingerprint density at radius 3 is 2.64 bits per heavy atom. The summed E-state index contributed by atoms with van der Waals surface area (Å²) in [6, 6.07) is 0. The standard InChI is InChI=1S/C10H21NO3/c1-14-9-6-10(13)11-7-4-2-3-5-8-12/h12H,2-9H2,1H3,(H,11,13). The third kappa shape index (κ3) is 9.48. The monoisotopic (exact) mass is 203 g/mol. The summed E-state index contributed by atoms with van der Waals surface area (Å²) in [4.78, 5) is 11.1.